The number of hydrogen-bond donors (Lipinski definition) is 3. The van der Waals surface area contributed by atoms with E-state index in [0.717, 1.165) is 31.6 Å². The highest BCUT2D eigenvalue weighted by Gasteiger charge is 2.20. The number of pyridine rings is 1. The lowest BCUT2D eigenvalue weighted by molar-refractivity contribution is -0.136. The second kappa shape index (κ2) is 7.03. The Labute approximate surface area is 123 Å². The maximum Gasteiger partial charge on any atom is 0.317 e. The number of aliphatic carboxylic acids is 1. The van der Waals surface area contributed by atoms with E-state index in [-0.39, 0.29) is 12.2 Å². The molecule has 1 aliphatic heterocycles. The number of piperidine rings is 1. The van der Waals surface area contributed by atoms with Crippen LogP contribution in [0, 0.1) is 5.92 Å². The molecule has 2 rings (SSSR count). The van der Waals surface area contributed by atoms with E-state index < -0.39 is 11.9 Å². The summed E-state index contributed by atoms with van der Waals surface area (Å²) in [5.41, 5.74) is 6.44. The molecule has 0 aliphatic carbocycles. The summed E-state index contributed by atoms with van der Waals surface area (Å²) in [6.45, 7) is 2.40. The summed E-state index contributed by atoms with van der Waals surface area (Å²) >= 11 is 0. The van der Waals surface area contributed by atoms with Crippen molar-refractivity contribution in [3.8, 4) is 0 Å². The van der Waals surface area contributed by atoms with E-state index >= 15 is 0 Å². The third-order valence-corrected chi connectivity index (χ3v) is 3.59. The Bertz CT molecular complexity index is 521. The van der Waals surface area contributed by atoms with Crippen LogP contribution in [0.25, 0.3) is 0 Å². The number of nitrogens with two attached hydrogens (primary N) is 1. The van der Waals surface area contributed by atoms with Gasteiger partial charge in [0, 0.05) is 31.5 Å². The van der Waals surface area contributed by atoms with Gasteiger partial charge in [0.05, 0.1) is 6.54 Å². The van der Waals surface area contributed by atoms with Gasteiger partial charge in [-0.3, -0.25) is 14.6 Å². The Morgan fingerprint density at radius 2 is 2.33 bits per heavy atom. The van der Waals surface area contributed by atoms with Gasteiger partial charge in [-0.15, -0.1) is 0 Å². The van der Waals surface area contributed by atoms with E-state index in [4.69, 9.17) is 10.8 Å². The number of carbonyl (C=O) groups is 2. The number of anilines is 1. The zero-order valence-corrected chi connectivity index (χ0v) is 11.8. The Morgan fingerprint density at radius 1 is 1.52 bits per heavy atom. The summed E-state index contributed by atoms with van der Waals surface area (Å²) in [6, 6.07) is 3.56. The topological polar surface area (TPSA) is 109 Å². The van der Waals surface area contributed by atoms with E-state index in [0.29, 0.717) is 12.5 Å². The lowest BCUT2D eigenvalue weighted by Crippen LogP contribution is -2.40. The van der Waals surface area contributed by atoms with Gasteiger partial charge in [0.2, 0.25) is 0 Å². The molecule has 1 saturated heterocycles. The zero-order chi connectivity index (χ0) is 15.2. The van der Waals surface area contributed by atoms with Gasteiger partial charge >= 0.3 is 5.97 Å². The van der Waals surface area contributed by atoms with Crippen LogP contribution in [0.4, 0.5) is 5.69 Å². The van der Waals surface area contributed by atoms with E-state index in [1.165, 1.54) is 0 Å². The minimum atomic E-state index is -0.845. The van der Waals surface area contributed by atoms with Gasteiger partial charge in [0.1, 0.15) is 5.69 Å². The molecule has 0 bridgehead atoms. The first kappa shape index (κ1) is 15.2. The van der Waals surface area contributed by atoms with Gasteiger partial charge < -0.3 is 21.1 Å². The minimum absolute atomic E-state index is 0.0163. The largest absolute Gasteiger partial charge is 0.480 e. The molecule has 0 aromatic carbocycles. The first-order valence-corrected chi connectivity index (χ1v) is 6.99. The number of hydrogen-bond acceptors (Lipinski definition) is 5. The molecule has 1 unspecified atom stereocenters. The van der Waals surface area contributed by atoms with Gasteiger partial charge in [-0.05, 0) is 30.9 Å². The van der Waals surface area contributed by atoms with Gasteiger partial charge in [0.25, 0.3) is 5.91 Å². The first-order valence-electron chi connectivity index (χ1n) is 6.99. The van der Waals surface area contributed by atoms with Crippen LogP contribution in [0.15, 0.2) is 18.3 Å². The van der Waals surface area contributed by atoms with Crippen molar-refractivity contribution >= 4 is 17.6 Å². The molecule has 0 saturated carbocycles. The number of carboxylic acid groups (broad SMARTS) is 1. The molecule has 7 heteroatoms. The van der Waals surface area contributed by atoms with Crippen molar-refractivity contribution < 1.29 is 14.7 Å². The molecule has 0 spiro atoms. The van der Waals surface area contributed by atoms with Crippen LogP contribution in [0.3, 0.4) is 0 Å². The second-order valence-corrected chi connectivity index (χ2v) is 5.24. The molecule has 1 fully saturated rings. The highest BCUT2D eigenvalue weighted by atomic mass is 16.4. The lowest BCUT2D eigenvalue weighted by Gasteiger charge is -2.34. The predicted octanol–water partition coefficient (Wildman–Crippen LogP) is 0.0711. The molecule has 1 aromatic heterocycles. The summed E-state index contributed by atoms with van der Waals surface area (Å²) in [5, 5.41) is 11.6. The van der Waals surface area contributed by atoms with Crippen LogP contribution in [0.5, 0.6) is 0 Å². The Morgan fingerprint density at radius 3 is 3.05 bits per heavy atom. The molecule has 0 radical (unpaired) electrons. The molecule has 1 aromatic rings. The summed E-state index contributed by atoms with van der Waals surface area (Å²) in [4.78, 5) is 27.8. The van der Waals surface area contributed by atoms with Gasteiger partial charge in [-0.25, -0.2) is 0 Å². The van der Waals surface area contributed by atoms with Crippen molar-refractivity contribution in [3.05, 3.63) is 24.0 Å². The Balaban J connectivity index is 1.95. The fourth-order valence-electron chi connectivity index (χ4n) is 2.60. The molecule has 1 amide bonds. The molecule has 21 heavy (non-hydrogen) atoms. The summed E-state index contributed by atoms with van der Waals surface area (Å²) in [5.74, 6) is -0.986. The summed E-state index contributed by atoms with van der Waals surface area (Å²) in [7, 11) is 0. The van der Waals surface area contributed by atoms with Crippen LogP contribution in [-0.4, -0.2) is 48.1 Å². The molecular formula is C14H20N4O3. The molecule has 1 atom stereocenters. The maximum absolute atomic E-state index is 11.2. The van der Waals surface area contributed by atoms with E-state index in [1.807, 2.05) is 6.07 Å². The standard InChI is InChI=1S/C14H20N4O3/c15-14(21)12-6-11(3-4-17-12)18-5-1-2-10(9-18)7-16-8-13(19)20/h3-4,6,10,16H,1-2,5,7-9H2,(H2,15,21)(H,19,20). The maximum atomic E-state index is 11.2. The van der Waals surface area contributed by atoms with Gasteiger partial charge in [-0.2, -0.15) is 0 Å². The number of nitrogens with zero attached hydrogens (tertiary/aromatic N) is 2. The van der Waals surface area contributed by atoms with Crippen LogP contribution < -0.4 is 16.0 Å². The van der Waals surface area contributed by atoms with Crippen molar-refractivity contribution in [3.63, 3.8) is 0 Å². The van der Waals surface area contributed by atoms with Crippen LogP contribution >= 0.6 is 0 Å². The first-order chi connectivity index (χ1) is 10.1. The van der Waals surface area contributed by atoms with Crippen molar-refractivity contribution in [2.24, 2.45) is 11.7 Å². The molecule has 4 N–H and O–H groups in total. The van der Waals surface area contributed by atoms with Crippen molar-refractivity contribution in [2.45, 2.75) is 12.8 Å². The van der Waals surface area contributed by atoms with Crippen LogP contribution in [-0.2, 0) is 4.79 Å². The van der Waals surface area contributed by atoms with E-state index in [9.17, 15) is 9.59 Å². The fourth-order valence-corrected chi connectivity index (χ4v) is 2.60. The second-order valence-electron chi connectivity index (χ2n) is 5.24. The number of nitrogens with one attached hydrogen (secondary N) is 1. The normalized spacial score (nSPS) is 18.5. The molecular weight excluding hydrogens is 272 g/mol. The fraction of sp³-hybridized carbons (Fsp3) is 0.500. The van der Waals surface area contributed by atoms with Gasteiger partial charge in [-0.1, -0.05) is 0 Å². The molecule has 7 nitrogen and oxygen atoms in total. The van der Waals surface area contributed by atoms with Crippen molar-refractivity contribution in [1.29, 1.82) is 0 Å². The van der Waals surface area contributed by atoms with Crippen LogP contribution in [0.2, 0.25) is 0 Å². The Hall–Kier alpha value is -2.15. The third kappa shape index (κ3) is 4.42. The number of amides is 1. The monoisotopic (exact) mass is 292 g/mol. The summed E-state index contributed by atoms with van der Waals surface area (Å²) < 4.78 is 0. The molecule has 2 heterocycles. The summed E-state index contributed by atoms with van der Waals surface area (Å²) in [6.07, 6.45) is 3.69. The zero-order valence-electron chi connectivity index (χ0n) is 11.8. The third-order valence-electron chi connectivity index (χ3n) is 3.59. The lowest BCUT2D eigenvalue weighted by atomic mass is 9.97. The highest BCUT2D eigenvalue weighted by Crippen LogP contribution is 2.23. The van der Waals surface area contributed by atoms with E-state index in [1.54, 1.807) is 12.3 Å². The number of primary amides is 1. The number of rotatable bonds is 6. The number of aromatic nitrogens is 1. The van der Waals surface area contributed by atoms with E-state index in [2.05, 4.69) is 15.2 Å². The predicted molar refractivity (Wildman–Crippen MR) is 78.2 cm³/mol. The minimum Gasteiger partial charge on any atom is -0.480 e. The smallest absolute Gasteiger partial charge is 0.317 e. The average Bonchev–Trinajstić information content (AvgIpc) is 2.47. The average molecular weight is 292 g/mol. The number of carboxylic acids is 1. The Kier molecular flexibility index (Phi) is 5.10. The highest BCUT2D eigenvalue weighted by molar-refractivity contribution is 5.91. The molecule has 114 valence electrons. The van der Waals surface area contributed by atoms with Crippen molar-refractivity contribution in [1.82, 2.24) is 10.3 Å². The molecule has 1 aliphatic rings. The number of carbonyl (C=O) groups excluding carboxylic acids is 1. The van der Waals surface area contributed by atoms with Crippen LogP contribution in [0.1, 0.15) is 23.3 Å². The quantitative estimate of drug-likeness (QED) is 0.684. The van der Waals surface area contributed by atoms with Crippen molar-refractivity contribution in [2.75, 3.05) is 31.1 Å². The SMILES string of the molecule is NC(=O)c1cc(N2CCCC(CNCC(=O)O)C2)ccn1. The van der Waals surface area contributed by atoms with Gasteiger partial charge in [0.15, 0.2) is 0 Å².